The fourth-order valence-electron chi connectivity index (χ4n) is 2.16. The molecule has 0 saturated carbocycles. The van der Waals surface area contributed by atoms with Crippen molar-refractivity contribution >= 4 is 16.6 Å². The number of nitrogen functional groups attached to an aromatic ring is 1. The highest BCUT2D eigenvalue weighted by molar-refractivity contribution is 5.81. The van der Waals surface area contributed by atoms with Crippen LogP contribution >= 0.6 is 0 Å². The predicted molar refractivity (Wildman–Crippen MR) is 62.9 cm³/mol. The summed E-state index contributed by atoms with van der Waals surface area (Å²) in [4.78, 5) is 0. The minimum absolute atomic E-state index is 0.0274. The maximum atomic E-state index is 13.3. The molecule has 0 amide bonds. The fourth-order valence-corrected chi connectivity index (χ4v) is 2.16. The van der Waals surface area contributed by atoms with E-state index in [1.807, 2.05) is 6.20 Å². The quantitative estimate of drug-likeness (QED) is 0.772. The Morgan fingerprint density at radius 3 is 3.06 bits per heavy atom. The van der Waals surface area contributed by atoms with Crippen LogP contribution in [0.1, 0.15) is 25.5 Å². The summed E-state index contributed by atoms with van der Waals surface area (Å²) in [7, 11) is 0. The maximum absolute atomic E-state index is 13.3. The Labute approximate surface area is 98.2 Å². The summed E-state index contributed by atoms with van der Waals surface area (Å²) in [5.41, 5.74) is 6.30. The Hall–Kier alpha value is -1.62. The highest BCUT2D eigenvalue weighted by atomic mass is 19.1. The van der Waals surface area contributed by atoms with E-state index in [9.17, 15) is 4.39 Å². The van der Waals surface area contributed by atoms with Gasteiger partial charge in [0.15, 0.2) is 0 Å². The zero-order valence-electron chi connectivity index (χ0n) is 9.40. The molecule has 90 valence electrons. The van der Waals surface area contributed by atoms with Crippen LogP contribution in [-0.4, -0.2) is 16.4 Å². The average Bonchev–Trinajstić information content (AvgIpc) is 2.74. The third-order valence-corrected chi connectivity index (χ3v) is 3.09. The number of hydrogen-bond acceptors (Lipinski definition) is 3. The van der Waals surface area contributed by atoms with Crippen molar-refractivity contribution < 1.29 is 9.13 Å². The van der Waals surface area contributed by atoms with Crippen LogP contribution in [0.3, 0.4) is 0 Å². The Kier molecular flexibility index (Phi) is 2.48. The monoisotopic (exact) mass is 235 g/mol. The molecule has 1 unspecified atom stereocenters. The van der Waals surface area contributed by atoms with E-state index in [0.29, 0.717) is 5.52 Å². The molecule has 17 heavy (non-hydrogen) atoms. The van der Waals surface area contributed by atoms with E-state index >= 15 is 0 Å². The van der Waals surface area contributed by atoms with Gasteiger partial charge in [-0.25, -0.2) is 9.07 Å². The molecule has 2 N–H and O–H groups in total. The Bertz CT molecular complexity index is 507. The van der Waals surface area contributed by atoms with Gasteiger partial charge in [0.25, 0.3) is 0 Å². The van der Waals surface area contributed by atoms with Crippen LogP contribution in [0, 0.1) is 5.82 Å². The molecule has 1 aromatic carbocycles. The largest absolute Gasteiger partial charge is 0.396 e. The van der Waals surface area contributed by atoms with Gasteiger partial charge in [-0.3, -0.25) is 0 Å². The molecule has 0 radical (unpaired) electrons. The number of fused-ring (bicyclic) bond motifs is 1. The SMILES string of the molecule is Nc1cc2cn(C3CCCCO3)nc2cc1F. The molecule has 0 bridgehead atoms. The topological polar surface area (TPSA) is 53.1 Å². The standard InChI is InChI=1S/C12H14FN3O/c13-9-6-11-8(5-10(9)14)7-16(15-11)12-3-1-2-4-17-12/h5-7,12H,1-4,14H2. The highest BCUT2D eigenvalue weighted by Crippen LogP contribution is 2.25. The van der Waals surface area contributed by atoms with E-state index in [1.54, 1.807) is 10.7 Å². The summed E-state index contributed by atoms with van der Waals surface area (Å²) in [5.74, 6) is -0.424. The van der Waals surface area contributed by atoms with E-state index in [0.717, 1.165) is 31.3 Å². The molecule has 4 nitrogen and oxygen atoms in total. The van der Waals surface area contributed by atoms with E-state index in [2.05, 4.69) is 5.10 Å². The van der Waals surface area contributed by atoms with E-state index < -0.39 is 5.82 Å². The first-order valence-corrected chi connectivity index (χ1v) is 5.79. The van der Waals surface area contributed by atoms with Crippen molar-refractivity contribution in [3.05, 3.63) is 24.1 Å². The zero-order chi connectivity index (χ0) is 11.8. The summed E-state index contributed by atoms with van der Waals surface area (Å²) >= 11 is 0. The van der Waals surface area contributed by atoms with E-state index in [-0.39, 0.29) is 11.9 Å². The molecular weight excluding hydrogens is 221 g/mol. The fraction of sp³-hybridized carbons (Fsp3) is 0.417. The Morgan fingerprint density at radius 1 is 1.41 bits per heavy atom. The normalized spacial score (nSPS) is 20.9. The van der Waals surface area contributed by atoms with Crippen molar-refractivity contribution in [2.24, 2.45) is 0 Å². The number of benzene rings is 1. The molecule has 1 atom stereocenters. The molecule has 5 heteroatoms. The molecule has 1 saturated heterocycles. The highest BCUT2D eigenvalue weighted by Gasteiger charge is 2.17. The maximum Gasteiger partial charge on any atom is 0.150 e. The van der Waals surface area contributed by atoms with Gasteiger partial charge in [0.2, 0.25) is 0 Å². The van der Waals surface area contributed by atoms with Crippen LogP contribution in [-0.2, 0) is 4.74 Å². The van der Waals surface area contributed by atoms with Gasteiger partial charge in [-0.05, 0) is 25.3 Å². The molecule has 2 aromatic rings. The van der Waals surface area contributed by atoms with Crippen molar-refractivity contribution in [1.29, 1.82) is 0 Å². The summed E-state index contributed by atoms with van der Waals surface area (Å²) in [5, 5.41) is 5.18. The van der Waals surface area contributed by atoms with Crippen molar-refractivity contribution in [2.75, 3.05) is 12.3 Å². The van der Waals surface area contributed by atoms with Gasteiger partial charge < -0.3 is 10.5 Å². The number of aromatic nitrogens is 2. The number of anilines is 1. The van der Waals surface area contributed by atoms with Crippen molar-refractivity contribution in [2.45, 2.75) is 25.5 Å². The Balaban J connectivity index is 2.00. The first-order valence-electron chi connectivity index (χ1n) is 5.79. The van der Waals surface area contributed by atoms with Gasteiger partial charge in [0, 0.05) is 24.3 Å². The molecule has 1 aromatic heterocycles. The van der Waals surface area contributed by atoms with Crippen molar-refractivity contribution in [3.8, 4) is 0 Å². The molecule has 1 aliphatic heterocycles. The third-order valence-electron chi connectivity index (χ3n) is 3.09. The molecule has 1 aliphatic rings. The summed E-state index contributed by atoms with van der Waals surface area (Å²) in [6.45, 7) is 0.761. The summed E-state index contributed by atoms with van der Waals surface area (Å²) in [6.07, 6.45) is 5.02. The van der Waals surface area contributed by atoms with Gasteiger partial charge in [-0.15, -0.1) is 0 Å². The van der Waals surface area contributed by atoms with Crippen LogP contribution < -0.4 is 5.73 Å². The smallest absolute Gasteiger partial charge is 0.150 e. The molecular formula is C12H14FN3O. The number of hydrogen-bond donors (Lipinski definition) is 1. The van der Waals surface area contributed by atoms with Crippen LogP contribution in [0.5, 0.6) is 0 Å². The van der Waals surface area contributed by atoms with Crippen molar-refractivity contribution in [3.63, 3.8) is 0 Å². The Morgan fingerprint density at radius 2 is 2.29 bits per heavy atom. The first kappa shape index (κ1) is 10.5. The number of ether oxygens (including phenoxy) is 1. The zero-order valence-corrected chi connectivity index (χ0v) is 9.40. The molecule has 0 aliphatic carbocycles. The number of rotatable bonds is 1. The minimum Gasteiger partial charge on any atom is -0.396 e. The lowest BCUT2D eigenvalue weighted by Crippen LogP contribution is -2.18. The lowest BCUT2D eigenvalue weighted by atomic mass is 10.2. The van der Waals surface area contributed by atoms with Gasteiger partial charge in [0.1, 0.15) is 12.0 Å². The second-order valence-corrected chi connectivity index (χ2v) is 4.36. The third kappa shape index (κ3) is 1.86. The second-order valence-electron chi connectivity index (χ2n) is 4.36. The lowest BCUT2D eigenvalue weighted by molar-refractivity contribution is -0.0390. The average molecular weight is 235 g/mol. The summed E-state index contributed by atoms with van der Waals surface area (Å²) < 4.78 is 20.7. The summed E-state index contributed by atoms with van der Waals surface area (Å²) in [6, 6.07) is 2.97. The lowest BCUT2D eigenvalue weighted by Gasteiger charge is -2.22. The van der Waals surface area contributed by atoms with Gasteiger partial charge in [-0.2, -0.15) is 5.10 Å². The van der Waals surface area contributed by atoms with E-state index in [1.165, 1.54) is 6.07 Å². The van der Waals surface area contributed by atoms with Crippen molar-refractivity contribution in [1.82, 2.24) is 9.78 Å². The minimum atomic E-state index is -0.424. The first-order chi connectivity index (χ1) is 8.24. The van der Waals surface area contributed by atoms with Gasteiger partial charge in [-0.1, -0.05) is 0 Å². The molecule has 1 fully saturated rings. The van der Waals surface area contributed by atoms with Crippen LogP contribution in [0.2, 0.25) is 0 Å². The van der Waals surface area contributed by atoms with Crippen LogP contribution in [0.4, 0.5) is 10.1 Å². The van der Waals surface area contributed by atoms with Crippen LogP contribution in [0.15, 0.2) is 18.3 Å². The number of nitrogens with two attached hydrogens (primary N) is 1. The van der Waals surface area contributed by atoms with E-state index in [4.69, 9.17) is 10.5 Å². The molecule has 3 rings (SSSR count). The molecule has 0 spiro atoms. The molecule has 2 heterocycles. The van der Waals surface area contributed by atoms with Gasteiger partial charge in [0.05, 0.1) is 11.2 Å². The number of halogens is 1. The second kappa shape index (κ2) is 4.00. The predicted octanol–water partition coefficient (Wildman–Crippen LogP) is 2.46. The number of nitrogens with zero attached hydrogens (tertiary/aromatic N) is 2. The van der Waals surface area contributed by atoms with Crippen LogP contribution in [0.25, 0.3) is 10.9 Å². The van der Waals surface area contributed by atoms with Gasteiger partial charge >= 0.3 is 0 Å².